The Hall–Kier alpha value is -1.24. The number of hydrogen-bond acceptors (Lipinski definition) is 5. The van der Waals surface area contributed by atoms with Crippen LogP contribution in [0.25, 0.3) is 0 Å². The lowest BCUT2D eigenvalue weighted by atomic mass is 9.41. The van der Waals surface area contributed by atoms with Crippen molar-refractivity contribution in [3.63, 3.8) is 0 Å². The number of carbonyl (C=O) groups excluding carboxylic acids is 1. The van der Waals surface area contributed by atoms with E-state index in [0.717, 1.165) is 69.4 Å². The second kappa shape index (κ2) is 12.8. The molecule has 6 nitrogen and oxygen atoms in total. The molecular weight excluding hydrogens is 550 g/mol. The number of nitrogens with zero attached hydrogens (tertiary/aromatic N) is 1. The lowest BCUT2D eigenvalue weighted by molar-refractivity contribution is -0.197. The lowest BCUT2D eigenvalue weighted by Gasteiger charge is -2.60. The summed E-state index contributed by atoms with van der Waals surface area (Å²) in [6, 6.07) is 0. The quantitative estimate of drug-likeness (QED) is 0.116. The standard InChI is InChI=1S/C38H61NO5/c1-5-6-7-10-15-39(16-17-40)23-33-28(18-27-11-8-9-12-27)19-34(44-33)37-22-30-26(4)13-14-31(30)36(24-41)21-29(37)20-32(25(2)3)38(36,37)35(42)43/h20,24-31,33-34,40H,5-19,21-23H2,1-4H3,(H,42,43)/t26-,28-,29?,30-,31-,33+,34-,36?,37?,38+/m1/s1. The molecule has 6 heteroatoms. The van der Waals surface area contributed by atoms with E-state index in [9.17, 15) is 19.8 Å². The first kappa shape index (κ1) is 32.7. The Balaban J connectivity index is 1.38. The minimum atomic E-state index is -1.17. The maximum absolute atomic E-state index is 14.1. The molecule has 6 rings (SSSR count). The van der Waals surface area contributed by atoms with Gasteiger partial charge in [0.15, 0.2) is 0 Å². The molecule has 4 saturated carbocycles. The molecule has 10 atom stereocenters. The van der Waals surface area contributed by atoms with Gasteiger partial charge in [-0.2, -0.15) is 0 Å². The Labute approximate surface area is 266 Å². The monoisotopic (exact) mass is 611 g/mol. The summed E-state index contributed by atoms with van der Waals surface area (Å²) in [6.07, 6.45) is 19.1. The van der Waals surface area contributed by atoms with Crippen molar-refractivity contribution in [1.29, 1.82) is 0 Å². The first-order chi connectivity index (χ1) is 21.2. The van der Waals surface area contributed by atoms with E-state index < -0.39 is 22.2 Å². The van der Waals surface area contributed by atoms with Crippen LogP contribution in [0.4, 0.5) is 0 Å². The molecule has 0 aromatic carbocycles. The van der Waals surface area contributed by atoms with E-state index >= 15 is 0 Å². The van der Waals surface area contributed by atoms with Crippen LogP contribution in [-0.4, -0.2) is 65.8 Å². The van der Waals surface area contributed by atoms with Crippen LogP contribution in [0.15, 0.2) is 11.6 Å². The highest BCUT2D eigenvalue weighted by Gasteiger charge is 2.86. The van der Waals surface area contributed by atoms with Crippen LogP contribution in [0.5, 0.6) is 0 Å². The van der Waals surface area contributed by atoms with Gasteiger partial charge in [0, 0.05) is 18.5 Å². The van der Waals surface area contributed by atoms with Crippen molar-refractivity contribution in [2.45, 2.75) is 130 Å². The molecule has 5 fully saturated rings. The van der Waals surface area contributed by atoms with Gasteiger partial charge in [0.05, 0.1) is 24.2 Å². The van der Waals surface area contributed by atoms with Gasteiger partial charge in [-0.15, -0.1) is 0 Å². The van der Waals surface area contributed by atoms with Crippen LogP contribution in [0.2, 0.25) is 0 Å². The van der Waals surface area contributed by atoms with Gasteiger partial charge in [0.1, 0.15) is 11.7 Å². The zero-order valence-electron chi connectivity index (χ0n) is 28.1. The summed E-state index contributed by atoms with van der Waals surface area (Å²) >= 11 is 0. The normalized spacial score (nSPS) is 42.9. The second-order valence-electron chi connectivity index (χ2n) is 16.5. The van der Waals surface area contributed by atoms with Gasteiger partial charge in [-0.05, 0) is 86.5 Å². The van der Waals surface area contributed by atoms with E-state index in [0.29, 0.717) is 30.7 Å². The summed E-state index contributed by atoms with van der Waals surface area (Å²) in [6.45, 7) is 11.5. The van der Waals surface area contributed by atoms with Gasteiger partial charge in [-0.3, -0.25) is 9.69 Å². The molecule has 0 radical (unpaired) electrons. The maximum Gasteiger partial charge on any atom is 0.315 e. The van der Waals surface area contributed by atoms with Crippen molar-refractivity contribution < 1.29 is 24.5 Å². The summed E-state index contributed by atoms with van der Waals surface area (Å²) in [5, 5.41) is 21.5. The minimum Gasteiger partial charge on any atom is -0.481 e. The number of aliphatic carboxylic acids is 1. The summed E-state index contributed by atoms with van der Waals surface area (Å²) in [4.78, 5) is 30.1. The van der Waals surface area contributed by atoms with Crippen molar-refractivity contribution >= 4 is 12.3 Å². The number of ether oxygens (including phenoxy) is 1. The van der Waals surface area contributed by atoms with E-state index in [4.69, 9.17) is 4.74 Å². The lowest BCUT2D eigenvalue weighted by Crippen LogP contribution is -2.65. The van der Waals surface area contributed by atoms with E-state index in [1.165, 1.54) is 44.9 Å². The first-order valence-corrected chi connectivity index (χ1v) is 18.6. The molecule has 3 unspecified atom stereocenters. The third-order valence-electron chi connectivity index (χ3n) is 14.2. The number of carboxylic acids is 1. The van der Waals surface area contributed by atoms with Crippen molar-refractivity contribution in [1.82, 2.24) is 4.90 Å². The van der Waals surface area contributed by atoms with Gasteiger partial charge in [-0.25, -0.2) is 0 Å². The largest absolute Gasteiger partial charge is 0.481 e. The Morgan fingerprint density at radius 3 is 2.55 bits per heavy atom. The van der Waals surface area contributed by atoms with Crippen molar-refractivity contribution in [2.24, 2.45) is 57.7 Å². The predicted octanol–water partition coefficient (Wildman–Crippen LogP) is 7.14. The van der Waals surface area contributed by atoms with Crippen LogP contribution >= 0.6 is 0 Å². The fourth-order valence-electron chi connectivity index (χ4n) is 12.6. The fraction of sp³-hybridized carbons (Fsp3) is 0.895. The molecule has 1 saturated heterocycles. The molecular formula is C38H61NO5. The van der Waals surface area contributed by atoms with Gasteiger partial charge >= 0.3 is 5.97 Å². The highest BCUT2D eigenvalue weighted by molar-refractivity contribution is 5.90. The molecule has 4 bridgehead atoms. The van der Waals surface area contributed by atoms with Crippen LogP contribution < -0.4 is 0 Å². The Morgan fingerprint density at radius 1 is 1.11 bits per heavy atom. The summed E-state index contributed by atoms with van der Waals surface area (Å²) < 4.78 is 7.37. The number of aliphatic hydroxyl groups is 1. The Morgan fingerprint density at radius 2 is 1.89 bits per heavy atom. The molecule has 0 spiro atoms. The molecule has 1 heterocycles. The summed E-state index contributed by atoms with van der Waals surface area (Å²) in [7, 11) is 0. The van der Waals surface area contributed by atoms with Gasteiger partial charge < -0.3 is 19.7 Å². The molecule has 0 aromatic heterocycles. The number of carboxylic acid groups (broad SMARTS) is 1. The van der Waals surface area contributed by atoms with E-state index in [1.807, 2.05) is 0 Å². The maximum atomic E-state index is 14.1. The smallest absolute Gasteiger partial charge is 0.315 e. The molecule has 0 amide bonds. The predicted molar refractivity (Wildman–Crippen MR) is 173 cm³/mol. The highest BCUT2D eigenvalue weighted by atomic mass is 16.5. The van der Waals surface area contributed by atoms with Crippen LogP contribution in [0.3, 0.4) is 0 Å². The number of fused-ring (bicyclic) bond motifs is 2. The number of aliphatic hydroxyl groups excluding tert-OH is 1. The SMILES string of the molecule is CCCCCCN(CCO)C[C@@H]1O[C@@H](C23C[C@@H]4[C@H](C)CC[C@H]4C4(C=O)CC2C=C(C(C)C)[C@]43C(=O)O)C[C@H]1CC1CCCC1. The molecule has 5 aliphatic carbocycles. The van der Waals surface area contributed by atoms with E-state index in [2.05, 4.69) is 38.7 Å². The zero-order chi connectivity index (χ0) is 31.3. The fourth-order valence-corrected chi connectivity index (χ4v) is 12.6. The number of hydrogen-bond donors (Lipinski definition) is 2. The first-order valence-electron chi connectivity index (χ1n) is 18.6. The number of carbonyl (C=O) groups is 2. The molecule has 6 aliphatic rings. The van der Waals surface area contributed by atoms with Crippen molar-refractivity contribution in [3.8, 4) is 0 Å². The van der Waals surface area contributed by atoms with Gasteiger partial charge in [0.2, 0.25) is 0 Å². The number of unbranched alkanes of at least 4 members (excludes halogenated alkanes) is 3. The Bertz CT molecular complexity index is 1080. The Kier molecular flexibility index (Phi) is 9.47. The zero-order valence-corrected chi connectivity index (χ0v) is 28.1. The molecule has 2 N–H and O–H groups in total. The summed E-state index contributed by atoms with van der Waals surface area (Å²) in [5.74, 6) is 1.58. The number of allylic oxidation sites excluding steroid dienone is 1. The highest BCUT2D eigenvalue weighted by Crippen LogP contribution is 2.84. The van der Waals surface area contributed by atoms with Crippen molar-refractivity contribution in [2.75, 3.05) is 26.2 Å². The van der Waals surface area contributed by atoms with Gasteiger partial charge in [-0.1, -0.05) is 90.7 Å². The summed E-state index contributed by atoms with van der Waals surface area (Å²) in [5.41, 5.74) is -1.56. The average Bonchev–Trinajstić information content (AvgIpc) is 3.81. The van der Waals surface area contributed by atoms with Gasteiger partial charge in [0.25, 0.3) is 0 Å². The van der Waals surface area contributed by atoms with Crippen LogP contribution in [-0.2, 0) is 14.3 Å². The van der Waals surface area contributed by atoms with Crippen molar-refractivity contribution in [3.05, 3.63) is 11.6 Å². The number of rotatable bonds is 15. The van der Waals surface area contributed by atoms with Crippen LogP contribution in [0.1, 0.15) is 118 Å². The third kappa shape index (κ3) is 4.73. The second-order valence-corrected chi connectivity index (χ2v) is 16.5. The molecule has 44 heavy (non-hydrogen) atoms. The number of aldehydes is 1. The third-order valence-corrected chi connectivity index (χ3v) is 14.2. The van der Waals surface area contributed by atoms with E-state index in [-0.39, 0.29) is 36.6 Å². The van der Waals surface area contributed by atoms with Crippen LogP contribution in [0, 0.1) is 57.7 Å². The molecule has 0 aromatic rings. The minimum absolute atomic E-state index is 0.0467. The molecule has 1 aliphatic heterocycles. The van der Waals surface area contributed by atoms with E-state index in [1.54, 1.807) is 0 Å². The molecule has 248 valence electrons. The topological polar surface area (TPSA) is 87.1 Å². The average molecular weight is 612 g/mol.